The van der Waals surface area contributed by atoms with E-state index >= 15 is 0 Å². The van der Waals surface area contributed by atoms with Gasteiger partial charge < -0.3 is 10.0 Å². The summed E-state index contributed by atoms with van der Waals surface area (Å²) in [7, 11) is 0. The van der Waals surface area contributed by atoms with E-state index in [1.165, 1.54) is 4.90 Å². The van der Waals surface area contributed by atoms with E-state index in [2.05, 4.69) is 0 Å². The molecule has 0 spiro atoms. The van der Waals surface area contributed by atoms with E-state index in [4.69, 9.17) is 0 Å². The highest BCUT2D eigenvalue weighted by atomic mass is 19.1. The molecule has 0 saturated carbocycles. The molecule has 1 N–H and O–H groups in total. The van der Waals surface area contributed by atoms with Crippen molar-refractivity contribution in [2.75, 3.05) is 0 Å². The average Bonchev–Trinajstić information content (AvgIpc) is 2.37. The van der Waals surface area contributed by atoms with Gasteiger partial charge in [-0.15, -0.1) is 0 Å². The molecule has 0 bridgehead atoms. The molecule has 1 aliphatic heterocycles. The highest BCUT2D eigenvalue weighted by Crippen LogP contribution is 2.31. The number of amides is 1. The molecule has 6 heteroatoms. The largest absolute Gasteiger partial charge is 0.481 e. The predicted molar refractivity (Wildman–Crippen MR) is 71.3 cm³/mol. The van der Waals surface area contributed by atoms with Crippen LogP contribution in [0, 0.1) is 23.5 Å². The summed E-state index contributed by atoms with van der Waals surface area (Å²) in [5.41, 5.74) is 0.0499. The Bertz CT molecular complexity index is 576. The molecule has 0 radical (unpaired) electrons. The molecule has 21 heavy (non-hydrogen) atoms. The van der Waals surface area contributed by atoms with Gasteiger partial charge >= 0.3 is 5.97 Å². The third-order valence-corrected chi connectivity index (χ3v) is 4.07. The molecule has 1 amide bonds. The Balaban J connectivity index is 2.27. The normalized spacial score (nSPS) is 26.0. The number of benzene rings is 1. The lowest BCUT2D eigenvalue weighted by atomic mass is 9.81. The van der Waals surface area contributed by atoms with Crippen molar-refractivity contribution in [1.29, 1.82) is 0 Å². The molecule has 0 aliphatic carbocycles. The van der Waals surface area contributed by atoms with Gasteiger partial charge in [-0.3, -0.25) is 9.59 Å². The third kappa shape index (κ3) is 3.04. The number of rotatable bonds is 3. The molecule has 2 rings (SSSR count). The van der Waals surface area contributed by atoms with Gasteiger partial charge in [-0.25, -0.2) is 8.78 Å². The van der Waals surface area contributed by atoms with Crippen LogP contribution in [0.5, 0.6) is 0 Å². The van der Waals surface area contributed by atoms with Crippen molar-refractivity contribution in [3.8, 4) is 0 Å². The topological polar surface area (TPSA) is 57.6 Å². The first kappa shape index (κ1) is 15.4. The molecule has 1 heterocycles. The maximum Gasteiger partial charge on any atom is 0.308 e. The molecule has 1 fully saturated rings. The Morgan fingerprint density at radius 3 is 2.67 bits per heavy atom. The fourth-order valence-corrected chi connectivity index (χ4v) is 2.95. The standard InChI is InChI=1S/C15H17F2NO3/c1-8-5-13(19)18(9(2)14(8)15(20)21)7-10-6-11(16)3-4-12(10)17/h3-4,6,8-9,14H,5,7H2,1-2H3,(H,20,21). The van der Waals surface area contributed by atoms with Gasteiger partial charge in [0.2, 0.25) is 5.91 Å². The van der Waals surface area contributed by atoms with Crippen LogP contribution in [0.3, 0.4) is 0 Å². The number of halogens is 2. The van der Waals surface area contributed by atoms with Gasteiger partial charge in [0.05, 0.1) is 5.92 Å². The number of hydrogen-bond donors (Lipinski definition) is 1. The second kappa shape index (κ2) is 5.79. The summed E-state index contributed by atoms with van der Waals surface area (Å²) >= 11 is 0. The zero-order valence-corrected chi connectivity index (χ0v) is 11.8. The minimum Gasteiger partial charge on any atom is -0.481 e. The maximum atomic E-state index is 13.7. The monoisotopic (exact) mass is 297 g/mol. The van der Waals surface area contributed by atoms with Gasteiger partial charge in [0.25, 0.3) is 0 Å². The van der Waals surface area contributed by atoms with E-state index in [1.807, 2.05) is 0 Å². The Hall–Kier alpha value is -1.98. The molecular weight excluding hydrogens is 280 g/mol. The van der Waals surface area contributed by atoms with E-state index in [9.17, 15) is 23.5 Å². The summed E-state index contributed by atoms with van der Waals surface area (Å²) in [6.07, 6.45) is 0.0955. The van der Waals surface area contributed by atoms with Crippen LogP contribution in [0.4, 0.5) is 8.78 Å². The SMILES string of the molecule is CC1CC(=O)N(Cc2cc(F)ccc2F)C(C)C1C(=O)O. The average molecular weight is 297 g/mol. The van der Waals surface area contributed by atoms with Crippen molar-refractivity contribution in [3.63, 3.8) is 0 Å². The lowest BCUT2D eigenvalue weighted by Crippen LogP contribution is -2.52. The highest BCUT2D eigenvalue weighted by molar-refractivity contribution is 5.81. The smallest absolute Gasteiger partial charge is 0.308 e. The van der Waals surface area contributed by atoms with Crippen LogP contribution in [0.15, 0.2) is 18.2 Å². The van der Waals surface area contributed by atoms with Crippen LogP contribution in [-0.2, 0) is 16.1 Å². The summed E-state index contributed by atoms with van der Waals surface area (Å²) in [4.78, 5) is 24.7. The number of nitrogens with zero attached hydrogens (tertiary/aromatic N) is 1. The van der Waals surface area contributed by atoms with Gasteiger partial charge in [0.15, 0.2) is 0 Å². The van der Waals surface area contributed by atoms with Gasteiger partial charge in [-0.2, -0.15) is 0 Å². The van der Waals surface area contributed by atoms with E-state index in [-0.39, 0.29) is 30.4 Å². The number of carboxylic acid groups (broad SMARTS) is 1. The number of aliphatic carboxylic acids is 1. The van der Waals surface area contributed by atoms with Gasteiger partial charge in [-0.1, -0.05) is 6.92 Å². The van der Waals surface area contributed by atoms with Crippen molar-refractivity contribution in [1.82, 2.24) is 4.90 Å². The van der Waals surface area contributed by atoms with Crippen LogP contribution >= 0.6 is 0 Å². The predicted octanol–water partition coefficient (Wildman–Crippen LogP) is 2.42. The number of hydrogen-bond acceptors (Lipinski definition) is 2. The summed E-state index contributed by atoms with van der Waals surface area (Å²) < 4.78 is 26.9. The second-order valence-corrected chi connectivity index (χ2v) is 5.54. The highest BCUT2D eigenvalue weighted by Gasteiger charge is 2.41. The fourth-order valence-electron chi connectivity index (χ4n) is 2.95. The lowest BCUT2D eigenvalue weighted by Gasteiger charge is -2.40. The summed E-state index contributed by atoms with van der Waals surface area (Å²) in [5, 5.41) is 9.28. The van der Waals surface area contributed by atoms with E-state index in [0.717, 1.165) is 18.2 Å². The maximum absolute atomic E-state index is 13.7. The molecule has 0 aromatic heterocycles. The number of carbonyl (C=O) groups excluding carboxylic acids is 1. The zero-order valence-electron chi connectivity index (χ0n) is 11.8. The van der Waals surface area contributed by atoms with E-state index < -0.39 is 29.6 Å². The minimum absolute atomic E-state index is 0.0499. The van der Waals surface area contributed by atoms with Crippen LogP contribution in [0.1, 0.15) is 25.8 Å². The number of carboxylic acids is 1. The minimum atomic E-state index is -0.979. The van der Waals surface area contributed by atoms with Crippen LogP contribution in [0.2, 0.25) is 0 Å². The molecular formula is C15H17F2NO3. The molecule has 1 aromatic rings. The molecule has 3 atom stereocenters. The Kier molecular flexibility index (Phi) is 4.25. The first-order valence-corrected chi connectivity index (χ1v) is 6.77. The van der Waals surface area contributed by atoms with E-state index in [1.54, 1.807) is 13.8 Å². The quantitative estimate of drug-likeness (QED) is 0.932. The number of piperidine rings is 1. The zero-order chi connectivity index (χ0) is 15.7. The molecule has 1 saturated heterocycles. The number of likely N-dealkylation sites (tertiary alicyclic amines) is 1. The Morgan fingerprint density at radius 2 is 2.05 bits per heavy atom. The van der Waals surface area contributed by atoms with Crippen molar-refractivity contribution in [2.45, 2.75) is 32.9 Å². The van der Waals surface area contributed by atoms with Crippen molar-refractivity contribution in [3.05, 3.63) is 35.4 Å². The van der Waals surface area contributed by atoms with Gasteiger partial charge in [0, 0.05) is 24.6 Å². The first-order valence-electron chi connectivity index (χ1n) is 6.77. The summed E-state index contributed by atoms with van der Waals surface area (Å²) in [5.74, 6) is -3.41. The summed E-state index contributed by atoms with van der Waals surface area (Å²) in [6, 6.07) is 2.47. The van der Waals surface area contributed by atoms with Crippen LogP contribution in [0.25, 0.3) is 0 Å². The molecule has 4 nitrogen and oxygen atoms in total. The second-order valence-electron chi connectivity index (χ2n) is 5.54. The van der Waals surface area contributed by atoms with Crippen molar-refractivity contribution in [2.24, 2.45) is 11.8 Å². The Labute approximate surface area is 121 Å². The summed E-state index contributed by atoms with van der Waals surface area (Å²) in [6.45, 7) is 3.22. The molecule has 1 aromatic carbocycles. The van der Waals surface area contributed by atoms with Crippen molar-refractivity contribution < 1.29 is 23.5 Å². The molecule has 114 valence electrons. The molecule has 3 unspecified atom stereocenters. The van der Waals surface area contributed by atoms with E-state index in [0.29, 0.717) is 0 Å². The van der Waals surface area contributed by atoms with Crippen LogP contribution in [-0.4, -0.2) is 27.9 Å². The third-order valence-electron chi connectivity index (χ3n) is 4.07. The first-order chi connectivity index (χ1) is 9.81. The van der Waals surface area contributed by atoms with Crippen molar-refractivity contribution >= 4 is 11.9 Å². The van der Waals surface area contributed by atoms with Gasteiger partial charge in [0.1, 0.15) is 11.6 Å². The number of carbonyl (C=O) groups is 2. The fraction of sp³-hybridized carbons (Fsp3) is 0.467. The van der Waals surface area contributed by atoms with Crippen LogP contribution < -0.4 is 0 Å². The lowest BCUT2D eigenvalue weighted by molar-refractivity contribution is -0.155. The molecule has 1 aliphatic rings. The van der Waals surface area contributed by atoms with Gasteiger partial charge in [-0.05, 0) is 31.0 Å². The Morgan fingerprint density at radius 1 is 1.38 bits per heavy atom.